The average Bonchev–Trinajstić information content (AvgIpc) is 2.67. The lowest BCUT2D eigenvalue weighted by Crippen LogP contribution is -2.23. The highest BCUT2D eigenvalue weighted by atomic mass is 32.2. The quantitative estimate of drug-likeness (QED) is 0.124. The van der Waals surface area contributed by atoms with Crippen LogP contribution >= 0.6 is 0 Å². The summed E-state index contributed by atoms with van der Waals surface area (Å²) in [5, 5.41) is 3.06. The van der Waals surface area contributed by atoms with Crippen LogP contribution in [0.25, 0.3) is 0 Å². The molecule has 0 spiro atoms. The van der Waals surface area contributed by atoms with Crippen LogP contribution in [0.1, 0.15) is 135 Å². The molecule has 0 aliphatic rings. The minimum Gasteiger partial charge on any atom is -0.316 e. The van der Waals surface area contributed by atoms with Crippen molar-refractivity contribution in [3.63, 3.8) is 0 Å². The van der Waals surface area contributed by atoms with Gasteiger partial charge in [-0.25, -0.2) is 0 Å². The summed E-state index contributed by atoms with van der Waals surface area (Å²) >= 11 is 0. The first-order valence-corrected chi connectivity index (χ1v) is 14.3. The fraction of sp³-hybridized carbons (Fsp3) is 1.00. The Balaban J connectivity index is 3.03. The van der Waals surface area contributed by atoms with Gasteiger partial charge in [-0.3, -0.25) is 4.55 Å². The lowest BCUT2D eigenvalue weighted by atomic mass is 10.0. The molecule has 5 heteroatoms. The minimum absolute atomic E-state index is 0.188. The van der Waals surface area contributed by atoms with Gasteiger partial charge >= 0.3 is 0 Å². The molecule has 0 aliphatic heterocycles. The van der Waals surface area contributed by atoms with Gasteiger partial charge in [0.1, 0.15) is 0 Å². The van der Waals surface area contributed by atoms with Crippen molar-refractivity contribution >= 4 is 10.1 Å². The van der Waals surface area contributed by atoms with Gasteiger partial charge < -0.3 is 5.32 Å². The Morgan fingerprint density at radius 3 is 1.14 bits per heavy atom. The molecular formula is C24H51NO3S. The summed E-state index contributed by atoms with van der Waals surface area (Å²) < 4.78 is 29.7. The van der Waals surface area contributed by atoms with Crippen molar-refractivity contribution in [2.75, 3.05) is 18.8 Å². The van der Waals surface area contributed by atoms with Crippen molar-refractivity contribution in [1.29, 1.82) is 0 Å². The number of hydrogen-bond acceptors (Lipinski definition) is 3. The third-order valence-electron chi connectivity index (χ3n) is 5.74. The second-order valence-electron chi connectivity index (χ2n) is 8.75. The molecule has 0 aliphatic carbocycles. The first-order chi connectivity index (χ1) is 14.1. The smallest absolute Gasteiger partial charge is 0.266 e. The maximum absolute atomic E-state index is 10.6. The Labute approximate surface area is 182 Å². The van der Waals surface area contributed by atoms with Crippen LogP contribution in [-0.4, -0.2) is 31.8 Å². The maximum Gasteiger partial charge on any atom is 0.266 e. The number of unbranched alkanes of at least 4 members (excludes halogenated alkanes) is 19. The van der Waals surface area contributed by atoms with Crippen molar-refractivity contribution in [1.82, 2.24) is 5.32 Å². The molecule has 0 heterocycles. The zero-order valence-electron chi connectivity index (χ0n) is 19.4. The van der Waals surface area contributed by atoms with Crippen LogP contribution in [0, 0.1) is 0 Å². The van der Waals surface area contributed by atoms with E-state index in [1.54, 1.807) is 0 Å². The van der Waals surface area contributed by atoms with E-state index in [-0.39, 0.29) is 5.75 Å². The molecule has 0 saturated carbocycles. The van der Waals surface area contributed by atoms with E-state index in [9.17, 15) is 8.42 Å². The number of hydrogen-bond donors (Lipinski definition) is 2. The van der Waals surface area contributed by atoms with Gasteiger partial charge in [-0.2, -0.15) is 8.42 Å². The highest BCUT2D eigenvalue weighted by Crippen LogP contribution is 2.14. The van der Waals surface area contributed by atoms with Crippen LogP contribution in [0.3, 0.4) is 0 Å². The maximum atomic E-state index is 10.6. The molecule has 0 rings (SSSR count). The standard InChI is InChI=1S/C24H51NO3S/c1-2-3-4-5-6-7-8-9-10-11-12-13-14-15-16-17-18-19-20-21-22-25-23-24-29(26,27)28/h25H,2-24H2,1H3,(H,26,27,28). The molecule has 0 amide bonds. The molecule has 0 unspecified atom stereocenters. The topological polar surface area (TPSA) is 66.4 Å². The summed E-state index contributed by atoms with van der Waals surface area (Å²) in [5.41, 5.74) is 0. The molecule has 4 nitrogen and oxygen atoms in total. The molecule has 0 saturated heterocycles. The molecule has 176 valence electrons. The van der Waals surface area contributed by atoms with Crippen molar-refractivity contribution in [3.8, 4) is 0 Å². The molecule has 0 bridgehead atoms. The van der Waals surface area contributed by atoms with Crippen LogP contribution in [-0.2, 0) is 10.1 Å². The van der Waals surface area contributed by atoms with Gasteiger partial charge in [-0.1, -0.05) is 129 Å². The molecule has 0 radical (unpaired) electrons. The molecule has 0 aromatic heterocycles. The van der Waals surface area contributed by atoms with E-state index in [0.717, 1.165) is 13.0 Å². The Morgan fingerprint density at radius 2 is 0.828 bits per heavy atom. The molecule has 0 aromatic rings. The highest BCUT2D eigenvalue weighted by Gasteiger charge is 2.02. The van der Waals surface area contributed by atoms with Crippen LogP contribution < -0.4 is 5.32 Å². The van der Waals surface area contributed by atoms with Crippen LogP contribution in [0.2, 0.25) is 0 Å². The van der Waals surface area contributed by atoms with E-state index in [4.69, 9.17) is 4.55 Å². The second-order valence-corrected chi connectivity index (χ2v) is 10.3. The lowest BCUT2D eigenvalue weighted by molar-refractivity contribution is 0.479. The largest absolute Gasteiger partial charge is 0.316 e. The van der Waals surface area contributed by atoms with Gasteiger partial charge in [-0.15, -0.1) is 0 Å². The minimum atomic E-state index is -3.81. The normalized spacial score (nSPS) is 11.9. The molecule has 0 aromatic carbocycles. The third kappa shape index (κ3) is 27.9. The second kappa shape index (κ2) is 22.6. The summed E-state index contributed by atoms with van der Waals surface area (Å²) in [6, 6.07) is 0. The van der Waals surface area contributed by atoms with Crippen molar-refractivity contribution in [2.24, 2.45) is 0 Å². The fourth-order valence-electron chi connectivity index (χ4n) is 3.83. The van der Waals surface area contributed by atoms with Crippen molar-refractivity contribution < 1.29 is 13.0 Å². The Bertz CT molecular complexity index is 412. The van der Waals surface area contributed by atoms with E-state index in [0.29, 0.717) is 6.54 Å². The summed E-state index contributed by atoms with van der Waals surface area (Å²) in [6.45, 7) is 3.47. The predicted octanol–water partition coefficient (Wildman–Crippen LogP) is 7.29. The fourth-order valence-corrected chi connectivity index (χ4v) is 4.23. The summed E-state index contributed by atoms with van der Waals surface area (Å²) in [4.78, 5) is 0. The van der Waals surface area contributed by atoms with Gasteiger partial charge in [0.2, 0.25) is 0 Å². The number of nitrogens with one attached hydrogen (secondary N) is 1. The van der Waals surface area contributed by atoms with E-state index in [1.165, 1.54) is 122 Å². The monoisotopic (exact) mass is 433 g/mol. The molecule has 2 N–H and O–H groups in total. The summed E-state index contributed by atoms with van der Waals surface area (Å²) in [7, 11) is -3.81. The lowest BCUT2D eigenvalue weighted by Gasteiger charge is -2.05. The van der Waals surface area contributed by atoms with Crippen LogP contribution in [0.5, 0.6) is 0 Å². The third-order valence-corrected chi connectivity index (χ3v) is 6.46. The van der Waals surface area contributed by atoms with Crippen LogP contribution in [0.4, 0.5) is 0 Å². The summed E-state index contributed by atoms with van der Waals surface area (Å²) in [5.74, 6) is -0.188. The van der Waals surface area contributed by atoms with E-state index >= 15 is 0 Å². The Hall–Kier alpha value is -0.130. The SMILES string of the molecule is CCCCCCCCCCCCCCCCCCCCCCNCCS(=O)(=O)O. The Morgan fingerprint density at radius 1 is 0.517 bits per heavy atom. The molecule has 29 heavy (non-hydrogen) atoms. The first kappa shape index (κ1) is 28.9. The summed E-state index contributed by atoms with van der Waals surface area (Å²) in [6.07, 6.45) is 27.6. The van der Waals surface area contributed by atoms with Crippen molar-refractivity contribution in [3.05, 3.63) is 0 Å². The average molecular weight is 434 g/mol. The van der Waals surface area contributed by atoms with Gasteiger partial charge in [0.25, 0.3) is 10.1 Å². The molecule has 0 fully saturated rings. The first-order valence-electron chi connectivity index (χ1n) is 12.7. The molecule has 0 atom stereocenters. The van der Waals surface area contributed by atoms with E-state index in [1.807, 2.05) is 0 Å². The van der Waals surface area contributed by atoms with Gasteiger partial charge in [0.15, 0.2) is 0 Å². The van der Waals surface area contributed by atoms with Crippen molar-refractivity contribution in [2.45, 2.75) is 135 Å². The molecular weight excluding hydrogens is 382 g/mol. The number of rotatable bonds is 24. The van der Waals surface area contributed by atoms with Crippen LogP contribution in [0.15, 0.2) is 0 Å². The van der Waals surface area contributed by atoms with Gasteiger partial charge in [-0.05, 0) is 13.0 Å². The van der Waals surface area contributed by atoms with E-state index in [2.05, 4.69) is 12.2 Å². The predicted molar refractivity (Wildman–Crippen MR) is 127 cm³/mol. The Kier molecular flexibility index (Phi) is 22.5. The van der Waals surface area contributed by atoms with E-state index < -0.39 is 10.1 Å². The zero-order valence-corrected chi connectivity index (χ0v) is 20.3. The van der Waals surface area contributed by atoms with Gasteiger partial charge in [0.05, 0.1) is 5.75 Å². The van der Waals surface area contributed by atoms with Gasteiger partial charge in [0, 0.05) is 6.54 Å². The zero-order chi connectivity index (χ0) is 21.5. The highest BCUT2D eigenvalue weighted by molar-refractivity contribution is 7.85.